The maximum absolute atomic E-state index is 12.2. The Bertz CT molecular complexity index is 535. The number of ether oxygens (including phenoxy) is 1. The second-order valence-electron chi connectivity index (χ2n) is 5.09. The van der Waals surface area contributed by atoms with Crippen LogP contribution in [0.1, 0.15) is 33.6 Å². The summed E-state index contributed by atoms with van der Waals surface area (Å²) in [5.41, 5.74) is 7.05. The molecule has 1 aromatic rings. The molecule has 5 nitrogen and oxygen atoms in total. The van der Waals surface area contributed by atoms with Gasteiger partial charge in [-0.2, -0.15) is 0 Å². The molecule has 0 radical (unpaired) electrons. The molecular formula is C14H16N2O3. The van der Waals surface area contributed by atoms with Crippen LogP contribution in [0.2, 0.25) is 0 Å². The molecule has 2 amide bonds. The number of hydrogen-bond acceptors (Lipinski definition) is 4. The lowest BCUT2D eigenvalue weighted by molar-refractivity contribution is 0.0643. The predicted octanol–water partition coefficient (Wildman–Crippen LogP) is 1.29. The Labute approximate surface area is 111 Å². The smallest absolute Gasteiger partial charge is 0.261 e. The van der Waals surface area contributed by atoms with Crippen LogP contribution in [-0.4, -0.2) is 36.5 Å². The van der Waals surface area contributed by atoms with Crippen molar-refractivity contribution in [3.63, 3.8) is 0 Å². The van der Waals surface area contributed by atoms with Gasteiger partial charge in [0.05, 0.1) is 11.1 Å². The van der Waals surface area contributed by atoms with Gasteiger partial charge in [0.2, 0.25) is 0 Å². The van der Waals surface area contributed by atoms with E-state index in [1.165, 1.54) is 4.90 Å². The number of carbonyl (C=O) groups is 2. The molecule has 0 aliphatic carbocycles. The second-order valence-corrected chi connectivity index (χ2v) is 5.09. The molecule has 19 heavy (non-hydrogen) atoms. The summed E-state index contributed by atoms with van der Waals surface area (Å²) in [6, 6.07) is 4.86. The van der Waals surface area contributed by atoms with Gasteiger partial charge in [-0.05, 0) is 37.0 Å². The van der Waals surface area contributed by atoms with Crippen molar-refractivity contribution in [2.24, 2.45) is 5.92 Å². The zero-order chi connectivity index (χ0) is 13.4. The summed E-state index contributed by atoms with van der Waals surface area (Å²) in [4.78, 5) is 25.7. The lowest BCUT2D eigenvalue weighted by Crippen LogP contribution is -2.31. The molecule has 1 fully saturated rings. The molecule has 1 saturated heterocycles. The number of nitrogens with two attached hydrogens (primary N) is 1. The molecule has 100 valence electrons. The molecule has 0 aromatic heterocycles. The number of benzene rings is 1. The molecule has 2 heterocycles. The van der Waals surface area contributed by atoms with Gasteiger partial charge < -0.3 is 10.5 Å². The Hall–Kier alpha value is -1.88. The Kier molecular flexibility index (Phi) is 2.98. The summed E-state index contributed by atoms with van der Waals surface area (Å²) in [6.45, 7) is 1.97. The molecule has 2 aliphatic heterocycles. The van der Waals surface area contributed by atoms with E-state index in [0.29, 0.717) is 29.3 Å². The van der Waals surface area contributed by atoms with Crippen molar-refractivity contribution >= 4 is 17.5 Å². The number of carbonyl (C=O) groups excluding carboxylic acids is 2. The van der Waals surface area contributed by atoms with Crippen molar-refractivity contribution in [2.75, 3.05) is 25.5 Å². The number of nitrogen functional groups attached to an aromatic ring is 1. The number of rotatable bonds is 3. The lowest BCUT2D eigenvalue weighted by atomic mass is 10.1. The first-order valence-corrected chi connectivity index (χ1v) is 6.50. The normalized spacial score (nSPS) is 22.1. The molecule has 5 heteroatoms. The largest absolute Gasteiger partial charge is 0.399 e. The van der Waals surface area contributed by atoms with Gasteiger partial charge in [0.1, 0.15) is 0 Å². The van der Waals surface area contributed by atoms with E-state index in [-0.39, 0.29) is 11.8 Å². The van der Waals surface area contributed by atoms with Crippen molar-refractivity contribution in [3.8, 4) is 0 Å². The summed E-state index contributed by atoms with van der Waals surface area (Å²) in [7, 11) is 0. The third-order valence-electron chi connectivity index (χ3n) is 3.78. The van der Waals surface area contributed by atoms with E-state index in [9.17, 15) is 9.59 Å². The van der Waals surface area contributed by atoms with E-state index in [2.05, 4.69) is 0 Å². The maximum Gasteiger partial charge on any atom is 0.261 e. The summed E-state index contributed by atoms with van der Waals surface area (Å²) < 4.78 is 5.30. The number of fused-ring (bicyclic) bond motifs is 1. The highest BCUT2D eigenvalue weighted by atomic mass is 16.5. The number of anilines is 1. The topological polar surface area (TPSA) is 72.6 Å². The van der Waals surface area contributed by atoms with Crippen LogP contribution in [0.15, 0.2) is 18.2 Å². The van der Waals surface area contributed by atoms with Crippen molar-refractivity contribution in [1.82, 2.24) is 4.90 Å². The molecule has 1 unspecified atom stereocenters. The van der Waals surface area contributed by atoms with Gasteiger partial charge in [-0.3, -0.25) is 14.5 Å². The minimum Gasteiger partial charge on any atom is -0.399 e. The van der Waals surface area contributed by atoms with Crippen LogP contribution < -0.4 is 5.73 Å². The van der Waals surface area contributed by atoms with Crippen molar-refractivity contribution in [1.29, 1.82) is 0 Å². The third-order valence-corrected chi connectivity index (χ3v) is 3.78. The van der Waals surface area contributed by atoms with Gasteiger partial charge >= 0.3 is 0 Å². The van der Waals surface area contributed by atoms with Crippen LogP contribution in [0.4, 0.5) is 5.69 Å². The highest BCUT2D eigenvalue weighted by Crippen LogP contribution is 2.26. The van der Waals surface area contributed by atoms with Gasteiger partial charge in [-0.25, -0.2) is 0 Å². The summed E-state index contributed by atoms with van der Waals surface area (Å²) in [5.74, 6) is 0.0134. The van der Waals surface area contributed by atoms with Crippen molar-refractivity contribution < 1.29 is 14.3 Å². The highest BCUT2D eigenvalue weighted by Gasteiger charge is 2.35. The molecule has 3 rings (SSSR count). The van der Waals surface area contributed by atoms with E-state index in [1.807, 2.05) is 0 Å². The first-order chi connectivity index (χ1) is 9.16. The fraction of sp³-hybridized carbons (Fsp3) is 0.429. The van der Waals surface area contributed by atoms with Crippen LogP contribution >= 0.6 is 0 Å². The van der Waals surface area contributed by atoms with Gasteiger partial charge in [0, 0.05) is 25.4 Å². The number of amides is 2. The monoisotopic (exact) mass is 260 g/mol. The van der Waals surface area contributed by atoms with Crippen molar-refractivity contribution in [3.05, 3.63) is 29.3 Å². The van der Waals surface area contributed by atoms with E-state index < -0.39 is 0 Å². The minimum atomic E-state index is -0.230. The van der Waals surface area contributed by atoms with E-state index >= 15 is 0 Å². The van der Waals surface area contributed by atoms with Crippen LogP contribution in [0.3, 0.4) is 0 Å². The molecule has 2 aliphatic rings. The molecular weight excluding hydrogens is 244 g/mol. The standard InChI is InChI=1S/C14H16N2O3/c15-10-1-2-11-12(7-10)14(18)16(13(11)17)5-3-9-4-6-19-8-9/h1-2,7,9H,3-6,8,15H2. The quantitative estimate of drug-likeness (QED) is 0.656. The Morgan fingerprint density at radius 2 is 2.05 bits per heavy atom. The molecule has 0 saturated carbocycles. The Morgan fingerprint density at radius 1 is 1.26 bits per heavy atom. The van der Waals surface area contributed by atoms with Crippen LogP contribution in [-0.2, 0) is 4.74 Å². The Morgan fingerprint density at radius 3 is 2.79 bits per heavy atom. The average Bonchev–Trinajstić information content (AvgIpc) is 2.98. The minimum absolute atomic E-state index is 0.209. The van der Waals surface area contributed by atoms with E-state index in [1.54, 1.807) is 18.2 Å². The summed E-state index contributed by atoms with van der Waals surface area (Å²) >= 11 is 0. The Balaban J connectivity index is 1.74. The van der Waals surface area contributed by atoms with Gasteiger partial charge in [0.15, 0.2) is 0 Å². The average molecular weight is 260 g/mol. The number of hydrogen-bond donors (Lipinski definition) is 1. The second kappa shape index (κ2) is 4.66. The number of nitrogens with zero attached hydrogens (tertiary/aromatic N) is 1. The molecule has 2 N–H and O–H groups in total. The lowest BCUT2D eigenvalue weighted by Gasteiger charge is -2.15. The first kappa shape index (κ1) is 12.2. The number of imide groups is 1. The van der Waals surface area contributed by atoms with Gasteiger partial charge in [-0.15, -0.1) is 0 Å². The van der Waals surface area contributed by atoms with E-state index in [4.69, 9.17) is 10.5 Å². The molecule has 1 aromatic carbocycles. The SMILES string of the molecule is Nc1ccc2c(c1)C(=O)N(CCC1CCOC1)C2=O. The van der Waals surface area contributed by atoms with E-state index in [0.717, 1.165) is 26.1 Å². The van der Waals surface area contributed by atoms with Crippen LogP contribution in [0, 0.1) is 5.92 Å². The van der Waals surface area contributed by atoms with Gasteiger partial charge in [0.25, 0.3) is 11.8 Å². The first-order valence-electron chi connectivity index (χ1n) is 6.50. The zero-order valence-electron chi connectivity index (χ0n) is 10.6. The molecule has 0 bridgehead atoms. The van der Waals surface area contributed by atoms with Gasteiger partial charge in [-0.1, -0.05) is 0 Å². The van der Waals surface area contributed by atoms with Crippen LogP contribution in [0.25, 0.3) is 0 Å². The predicted molar refractivity (Wildman–Crippen MR) is 69.8 cm³/mol. The fourth-order valence-electron chi connectivity index (χ4n) is 2.63. The zero-order valence-corrected chi connectivity index (χ0v) is 10.6. The van der Waals surface area contributed by atoms with Crippen molar-refractivity contribution in [2.45, 2.75) is 12.8 Å². The third kappa shape index (κ3) is 2.10. The fourth-order valence-corrected chi connectivity index (χ4v) is 2.63. The molecule has 0 spiro atoms. The highest BCUT2D eigenvalue weighted by molar-refractivity contribution is 6.21. The molecule has 1 atom stereocenters. The van der Waals surface area contributed by atoms with Crippen LogP contribution in [0.5, 0.6) is 0 Å². The maximum atomic E-state index is 12.2. The summed E-state index contributed by atoms with van der Waals surface area (Å²) in [6.07, 6.45) is 1.82. The summed E-state index contributed by atoms with van der Waals surface area (Å²) in [5, 5.41) is 0.